The lowest BCUT2D eigenvalue weighted by Gasteiger charge is -2.29. The molecule has 0 aromatic carbocycles. The first-order valence-electron chi connectivity index (χ1n) is 6.26. The van der Waals surface area contributed by atoms with Gasteiger partial charge in [-0.15, -0.1) is 11.3 Å². The molecule has 1 fully saturated rings. The molecule has 0 amide bonds. The van der Waals surface area contributed by atoms with Gasteiger partial charge in [-0.2, -0.15) is 0 Å². The SMILES string of the molecule is CCc1ccsc1CNC1CCN(C)CC1. The molecule has 1 aromatic heterocycles. The summed E-state index contributed by atoms with van der Waals surface area (Å²) >= 11 is 1.89. The van der Waals surface area contributed by atoms with E-state index in [1.54, 1.807) is 0 Å². The van der Waals surface area contributed by atoms with Crippen molar-refractivity contribution in [2.75, 3.05) is 20.1 Å². The third-order valence-corrected chi connectivity index (χ3v) is 4.45. The fourth-order valence-corrected chi connectivity index (χ4v) is 3.21. The van der Waals surface area contributed by atoms with Gasteiger partial charge in [-0.05, 0) is 56.4 Å². The van der Waals surface area contributed by atoms with Crippen LogP contribution in [0.15, 0.2) is 11.4 Å². The molecule has 1 saturated heterocycles. The topological polar surface area (TPSA) is 15.3 Å². The van der Waals surface area contributed by atoms with Crippen LogP contribution in [0, 0.1) is 0 Å². The maximum atomic E-state index is 3.70. The van der Waals surface area contributed by atoms with Crippen molar-refractivity contribution in [3.63, 3.8) is 0 Å². The van der Waals surface area contributed by atoms with Crippen LogP contribution in [0.2, 0.25) is 0 Å². The van der Waals surface area contributed by atoms with Gasteiger partial charge in [0.15, 0.2) is 0 Å². The van der Waals surface area contributed by atoms with Crippen molar-refractivity contribution in [2.45, 2.75) is 38.8 Å². The van der Waals surface area contributed by atoms with Crippen molar-refractivity contribution >= 4 is 11.3 Å². The van der Waals surface area contributed by atoms with E-state index in [1.165, 1.54) is 36.4 Å². The second-order valence-corrected chi connectivity index (χ2v) is 5.68. The summed E-state index contributed by atoms with van der Waals surface area (Å²) in [5.74, 6) is 0. The Hall–Kier alpha value is -0.380. The fourth-order valence-electron chi connectivity index (χ4n) is 2.29. The van der Waals surface area contributed by atoms with Gasteiger partial charge in [0, 0.05) is 17.5 Å². The number of piperidine rings is 1. The first-order valence-corrected chi connectivity index (χ1v) is 7.14. The minimum absolute atomic E-state index is 0.725. The quantitative estimate of drug-likeness (QED) is 0.867. The molecular formula is C13H22N2S. The Bertz CT molecular complexity index is 313. The second kappa shape index (κ2) is 5.80. The molecule has 2 nitrogen and oxygen atoms in total. The molecule has 2 heterocycles. The molecule has 0 radical (unpaired) electrons. The Balaban J connectivity index is 1.79. The molecular weight excluding hydrogens is 216 g/mol. The highest BCUT2D eigenvalue weighted by atomic mass is 32.1. The van der Waals surface area contributed by atoms with Crippen molar-refractivity contribution < 1.29 is 0 Å². The van der Waals surface area contributed by atoms with E-state index >= 15 is 0 Å². The number of aryl methyl sites for hydroxylation is 1. The summed E-state index contributed by atoms with van der Waals surface area (Å²) in [6.07, 6.45) is 3.75. The summed E-state index contributed by atoms with van der Waals surface area (Å²) in [5.41, 5.74) is 1.52. The summed E-state index contributed by atoms with van der Waals surface area (Å²) in [7, 11) is 2.21. The third-order valence-electron chi connectivity index (χ3n) is 3.49. The summed E-state index contributed by atoms with van der Waals surface area (Å²) in [5, 5.41) is 5.92. The molecule has 16 heavy (non-hydrogen) atoms. The lowest BCUT2D eigenvalue weighted by atomic mass is 10.1. The van der Waals surface area contributed by atoms with Gasteiger partial charge in [0.25, 0.3) is 0 Å². The van der Waals surface area contributed by atoms with Crippen LogP contribution in [0.25, 0.3) is 0 Å². The number of nitrogens with zero attached hydrogens (tertiary/aromatic N) is 1. The smallest absolute Gasteiger partial charge is 0.0305 e. The van der Waals surface area contributed by atoms with Crippen molar-refractivity contribution in [1.82, 2.24) is 10.2 Å². The normalized spacial score (nSPS) is 19.1. The lowest BCUT2D eigenvalue weighted by Crippen LogP contribution is -2.40. The molecule has 2 rings (SSSR count). The summed E-state index contributed by atoms with van der Waals surface area (Å²) in [6.45, 7) is 5.78. The molecule has 1 aliphatic rings. The summed E-state index contributed by atoms with van der Waals surface area (Å²) in [4.78, 5) is 3.95. The Morgan fingerprint density at radius 1 is 1.44 bits per heavy atom. The molecule has 0 spiro atoms. The molecule has 0 bridgehead atoms. The zero-order valence-corrected chi connectivity index (χ0v) is 11.1. The average molecular weight is 238 g/mol. The van der Waals surface area contributed by atoms with Crippen LogP contribution >= 0.6 is 11.3 Å². The number of nitrogens with one attached hydrogen (secondary N) is 1. The monoisotopic (exact) mass is 238 g/mol. The van der Waals surface area contributed by atoms with E-state index in [-0.39, 0.29) is 0 Å². The van der Waals surface area contributed by atoms with Crippen LogP contribution in [0.3, 0.4) is 0 Å². The highest BCUT2D eigenvalue weighted by Gasteiger charge is 2.16. The molecule has 0 unspecified atom stereocenters. The summed E-state index contributed by atoms with van der Waals surface area (Å²) < 4.78 is 0. The van der Waals surface area contributed by atoms with Crippen LogP contribution < -0.4 is 5.32 Å². The highest BCUT2D eigenvalue weighted by molar-refractivity contribution is 7.10. The molecule has 0 saturated carbocycles. The first kappa shape index (κ1) is 12.1. The van der Waals surface area contributed by atoms with Crippen LogP contribution in [0.5, 0.6) is 0 Å². The van der Waals surface area contributed by atoms with Gasteiger partial charge in [0.2, 0.25) is 0 Å². The Kier molecular flexibility index (Phi) is 4.38. The van der Waals surface area contributed by atoms with E-state index in [9.17, 15) is 0 Å². The Labute approximate surface area is 103 Å². The van der Waals surface area contributed by atoms with Crippen LogP contribution in [0.1, 0.15) is 30.2 Å². The van der Waals surface area contributed by atoms with Crippen LogP contribution in [-0.2, 0) is 13.0 Å². The molecule has 3 heteroatoms. The maximum Gasteiger partial charge on any atom is 0.0305 e. The van der Waals surface area contributed by atoms with E-state index in [4.69, 9.17) is 0 Å². The minimum Gasteiger partial charge on any atom is -0.309 e. The van der Waals surface area contributed by atoms with Gasteiger partial charge < -0.3 is 10.2 Å². The molecule has 1 aromatic rings. The van der Waals surface area contributed by atoms with E-state index in [2.05, 4.69) is 35.6 Å². The van der Waals surface area contributed by atoms with Crippen molar-refractivity contribution in [3.05, 3.63) is 21.9 Å². The van der Waals surface area contributed by atoms with E-state index in [0.717, 1.165) is 19.0 Å². The van der Waals surface area contributed by atoms with E-state index in [1.807, 2.05) is 11.3 Å². The number of rotatable bonds is 4. The Morgan fingerprint density at radius 2 is 2.19 bits per heavy atom. The highest BCUT2D eigenvalue weighted by Crippen LogP contribution is 2.18. The molecule has 1 N–H and O–H groups in total. The van der Waals surface area contributed by atoms with Gasteiger partial charge >= 0.3 is 0 Å². The van der Waals surface area contributed by atoms with Gasteiger partial charge in [-0.1, -0.05) is 6.92 Å². The summed E-state index contributed by atoms with van der Waals surface area (Å²) in [6, 6.07) is 2.99. The van der Waals surface area contributed by atoms with E-state index in [0.29, 0.717) is 0 Å². The van der Waals surface area contributed by atoms with Gasteiger partial charge in [0.05, 0.1) is 0 Å². The van der Waals surface area contributed by atoms with Crippen LogP contribution in [-0.4, -0.2) is 31.1 Å². The van der Waals surface area contributed by atoms with Crippen molar-refractivity contribution in [2.24, 2.45) is 0 Å². The zero-order valence-electron chi connectivity index (χ0n) is 10.3. The average Bonchev–Trinajstić information content (AvgIpc) is 2.76. The fraction of sp³-hybridized carbons (Fsp3) is 0.692. The zero-order chi connectivity index (χ0) is 11.4. The predicted octanol–water partition coefficient (Wildman–Crippen LogP) is 2.49. The van der Waals surface area contributed by atoms with Crippen molar-refractivity contribution in [1.29, 1.82) is 0 Å². The molecule has 0 atom stereocenters. The molecule has 0 aliphatic carbocycles. The number of likely N-dealkylation sites (tertiary alicyclic amines) is 1. The maximum absolute atomic E-state index is 3.70. The molecule has 90 valence electrons. The first-order chi connectivity index (χ1) is 7.79. The Morgan fingerprint density at radius 3 is 2.88 bits per heavy atom. The number of hydrogen-bond donors (Lipinski definition) is 1. The number of thiophene rings is 1. The van der Waals surface area contributed by atoms with Gasteiger partial charge in [0.1, 0.15) is 0 Å². The molecule has 1 aliphatic heterocycles. The predicted molar refractivity (Wildman–Crippen MR) is 71.1 cm³/mol. The standard InChI is InChI=1S/C13H22N2S/c1-3-11-6-9-16-13(11)10-14-12-4-7-15(2)8-5-12/h6,9,12,14H,3-5,7-8,10H2,1-2H3. The van der Waals surface area contributed by atoms with Crippen molar-refractivity contribution in [3.8, 4) is 0 Å². The van der Waals surface area contributed by atoms with Gasteiger partial charge in [-0.3, -0.25) is 0 Å². The second-order valence-electron chi connectivity index (χ2n) is 4.68. The number of hydrogen-bond acceptors (Lipinski definition) is 3. The van der Waals surface area contributed by atoms with Crippen LogP contribution in [0.4, 0.5) is 0 Å². The third kappa shape index (κ3) is 3.06. The van der Waals surface area contributed by atoms with E-state index < -0.39 is 0 Å². The minimum atomic E-state index is 0.725. The lowest BCUT2D eigenvalue weighted by molar-refractivity contribution is 0.234. The largest absolute Gasteiger partial charge is 0.309 e. The van der Waals surface area contributed by atoms with Gasteiger partial charge in [-0.25, -0.2) is 0 Å².